The second-order valence-electron chi connectivity index (χ2n) is 7.16. The molecule has 0 fully saturated rings. The molecule has 0 aromatic heterocycles. The lowest BCUT2D eigenvalue weighted by molar-refractivity contribution is -0.115. The number of aliphatic imine (C=N–C) groups is 1. The molecule has 1 aliphatic rings. The summed E-state index contributed by atoms with van der Waals surface area (Å²) in [7, 11) is 0. The van der Waals surface area contributed by atoms with E-state index >= 15 is 0 Å². The molecule has 4 rings (SSSR count). The molecule has 0 spiro atoms. The monoisotopic (exact) mass is 398 g/mol. The van der Waals surface area contributed by atoms with Gasteiger partial charge in [0.25, 0.3) is 0 Å². The van der Waals surface area contributed by atoms with Gasteiger partial charge >= 0.3 is 0 Å². The maximum absolute atomic E-state index is 11.5. The smallest absolute Gasteiger partial charge is 0.221 e. The van der Waals surface area contributed by atoms with Crippen LogP contribution in [0.4, 0.5) is 17.1 Å². The minimum atomic E-state index is -0.207. The van der Waals surface area contributed by atoms with Crippen molar-refractivity contribution in [1.29, 1.82) is 0 Å². The number of carbonyl (C=O) groups excluding carboxylic acids is 2. The van der Waals surface area contributed by atoms with Gasteiger partial charge in [-0.25, -0.2) is 0 Å². The second kappa shape index (κ2) is 8.21. The van der Waals surface area contributed by atoms with Crippen LogP contribution < -0.4 is 16.0 Å². The van der Waals surface area contributed by atoms with Gasteiger partial charge in [-0.3, -0.25) is 14.6 Å². The van der Waals surface area contributed by atoms with Crippen LogP contribution >= 0.6 is 0 Å². The number of fused-ring (bicyclic) bond motifs is 1. The summed E-state index contributed by atoms with van der Waals surface area (Å²) in [6, 6.07) is 23.2. The van der Waals surface area contributed by atoms with Crippen LogP contribution in [0.25, 0.3) is 0 Å². The third kappa shape index (κ3) is 4.22. The standard InChI is InChI=1S/C24H22N4O2/c1-15(29)25-19-10-8-18(9-11-19)24-27-22-13-12-20(26-16(2)30)14-21(22)23(28-24)17-6-4-3-5-7-17/h3-14,23H,1-2H3,(H,25,29)(H,26,30)(H,27,28). The molecule has 1 atom stereocenters. The second-order valence-corrected chi connectivity index (χ2v) is 7.16. The van der Waals surface area contributed by atoms with Crippen molar-refractivity contribution in [2.75, 3.05) is 16.0 Å². The first-order valence-electron chi connectivity index (χ1n) is 9.69. The number of benzene rings is 3. The fraction of sp³-hybridized carbons (Fsp3) is 0.125. The number of rotatable bonds is 4. The molecule has 30 heavy (non-hydrogen) atoms. The maximum atomic E-state index is 11.5. The van der Waals surface area contributed by atoms with Crippen LogP contribution in [0.15, 0.2) is 77.8 Å². The highest BCUT2D eigenvalue weighted by Gasteiger charge is 2.24. The Morgan fingerprint density at radius 2 is 1.47 bits per heavy atom. The fourth-order valence-corrected chi connectivity index (χ4v) is 3.49. The van der Waals surface area contributed by atoms with Gasteiger partial charge in [-0.15, -0.1) is 0 Å². The minimum Gasteiger partial charge on any atom is -0.340 e. The molecule has 0 saturated heterocycles. The van der Waals surface area contributed by atoms with E-state index in [2.05, 4.69) is 16.0 Å². The summed E-state index contributed by atoms with van der Waals surface area (Å²) < 4.78 is 0. The lowest BCUT2D eigenvalue weighted by Crippen LogP contribution is -2.22. The average Bonchev–Trinajstić information content (AvgIpc) is 2.73. The molecular weight excluding hydrogens is 376 g/mol. The predicted molar refractivity (Wildman–Crippen MR) is 120 cm³/mol. The third-order valence-corrected chi connectivity index (χ3v) is 4.77. The van der Waals surface area contributed by atoms with E-state index in [1.54, 1.807) is 0 Å². The normalized spacial score (nSPS) is 14.7. The number of hydrogen-bond acceptors (Lipinski definition) is 4. The van der Waals surface area contributed by atoms with Crippen LogP contribution in [-0.4, -0.2) is 17.6 Å². The molecular formula is C24H22N4O2. The van der Waals surface area contributed by atoms with Crippen molar-refractivity contribution in [2.24, 2.45) is 4.99 Å². The van der Waals surface area contributed by atoms with E-state index < -0.39 is 0 Å². The number of hydrogen-bond donors (Lipinski definition) is 3. The van der Waals surface area contributed by atoms with Crippen molar-refractivity contribution in [3.8, 4) is 0 Å². The molecule has 3 aromatic carbocycles. The van der Waals surface area contributed by atoms with Crippen LogP contribution in [-0.2, 0) is 9.59 Å². The van der Waals surface area contributed by atoms with E-state index in [0.29, 0.717) is 0 Å². The lowest BCUT2D eigenvalue weighted by Gasteiger charge is -2.26. The Hall–Kier alpha value is -3.93. The van der Waals surface area contributed by atoms with Crippen LogP contribution in [0, 0.1) is 0 Å². The lowest BCUT2D eigenvalue weighted by atomic mass is 9.95. The highest BCUT2D eigenvalue weighted by molar-refractivity contribution is 6.10. The van der Waals surface area contributed by atoms with E-state index in [-0.39, 0.29) is 17.9 Å². The highest BCUT2D eigenvalue weighted by Crippen LogP contribution is 2.37. The number of amides is 2. The van der Waals surface area contributed by atoms with Crippen molar-refractivity contribution < 1.29 is 9.59 Å². The Bertz CT molecular complexity index is 1120. The Balaban J connectivity index is 1.74. The molecule has 0 aliphatic carbocycles. The quantitative estimate of drug-likeness (QED) is 0.602. The van der Waals surface area contributed by atoms with Gasteiger partial charge in [0.1, 0.15) is 11.9 Å². The summed E-state index contributed by atoms with van der Waals surface area (Å²) in [4.78, 5) is 27.7. The topological polar surface area (TPSA) is 82.6 Å². The van der Waals surface area contributed by atoms with E-state index in [4.69, 9.17) is 4.99 Å². The molecule has 0 bridgehead atoms. The van der Waals surface area contributed by atoms with E-state index in [0.717, 1.165) is 39.6 Å². The minimum absolute atomic E-state index is 0.107. The van der Waals surface area contributed by atoms with Gasteiger partial charge in [-0.05, 0) is 48.0 Å². The van der Waals surface area contributed by atoms with Gasteiger partial charge in [0.05, 0.1) is 0 Å². The van der Waals surface area contributed by atoms with Gasteiger partial charge in [-0.1, -0.05) is 30.3 Å². The largest absolute Gasteiger partial charge is 0.340 e. The molecule has 1 unspecified atom stereocenters. The van der Waals surface area contributed by atoms with Crippen molar-refractivity contribution in [3.63, 3.8) is 0 Å². The number of amidine groups is 1. The summed E-state index contributed by atoms with van der Waals surface area (Å²) in [5.41, 5.74) is 5.39. The van der Waals surface area contributed by atoms with Crippen LogP contribution in [0.3, 0.4) is 0 Å². The summed E-state index contributed by atoms with van der Waals surface area (Å²) in [6.45, 7) is 2.98. The molecule has 3 aromatic rings. The van der Waals surface area contributed by atoms with Gasteiger partial charge < -0.3 is 16.0 Å². The highest BCUT2D eigenvalue weighted by atomic mass is 16.2. The first-order valence-corrected chi connectivity index (χ1v) is 9.69. The number of carbonyl (C=O) groups is 2. The van der Waals surface area contributed by atoms with Crippen LogP contribution in [0.2, 0.25) is 0 Å². The zero-order valence-electron chi connectivity index (χ0n) is 16.8. The van der Waals surface area contributed by atoms with Gasteiger partial charge in [0.15, 0.2) is 0 Å². The molecule has 1 aliphatic heterocycles. The number of anilines is 3. The first kappa shape index (κ1) is 19.4. The van der Waals surface area contributed by atoms with Gasteiger partial charge in [0.2, 0.25) is 11.8 Å². The molecule has 1 heterocycles. The molecule has 0 radical (unpaired) electrons. The Morgan fingerprint density at radius 1 is 0.833 bits per heavy atom. The predicted octanol–water partition coefficient (Wildman–Crippen LogP) is 4.57. The molecule has 0 saturated carbocycles. The van der Waals surface area contributed by atoms with Crippen LogP contribution in [0.5, 0.6) is 0 Å². The molecule has 6 heteroatoms. The van der Waals surface area contributed by atoms with Gasteiger partial charge in [0, 0.05) is 42.0 Å². The summed E-state index contributed by atoms with van der Waals surface area (Å²) >= 11 is 0. The molecule has 6 nitrogen and oxygen atoms in total. The average molecular weight is 398 g/mol. The van der Waals surface area contributed by atoms with Gasteiger partial charge in [-0.2, -0.15) is 0 Å². The Labute approximate surface area is 175 Å². The van der Waals surface area contributed by atoms with Crippen molar-refractivity contribution in [3.05, 3.63) is 89.5 Å². The number of nitrogens with zero attached hydrogens (tertiary/aromatic N) is 1. The molecule has 3 N–H and O–H groups in total. The summed E-state index contributed by atoms with van der Waals surface area (Å²) in [6.07, 6.45) is 0. The fourth-order valence-electron chi connectivity index (χ4n) is 3.49. The van der Waals surface area contributed by atoms with E-state index in [1.165, 1.54) is 13.8 Å². The SMILES string of the molecule is CC(=O)Nc1ccc(C2=NC(c3ccccc3)c3cc(NC(C)=O)ccc3N2)cc1. The zero-order valence-corrected chi connectivity index (χ0v) is 16.8. The van der Waals surface area contributed by atoms with Crippen LogP contribution in [0.1, 0.15) is 36.6 Å². The Morgan fingerprint density at radius 3 is 2.13 bits per heavy atom. The van der Waals surface area contributed by atoms with Crippen molar-refractivity contribution >= 4 is 34.7 Å². The molecule has 2 amide bonds. The maximum Gasteiger partial charge on any atom is 0.221 e. The van der Waals surface area contributed by atoms with E-state index in [9.17, 15) is 9.59 Å². The third-order valence-electron chi connectivity index (χ3n) is 4.77. The summed E-state index contributed by atoms with van der Waals surface area (Å²) in [5.74, 6) is 0.528. The van der Waals surface area contributed by atoms with E-state index in [1.807, 2.05) is 72.8 Å². The summed E-state index contributed by atoms with van der Waals surface area (Å²) in [5, 5.41) is 9.02. The molecule has 150 valence electrons. The van der Waals surface area contributed by atoms with Crippen molar-refractivity contribution in [2.45, 2.75) is 19.9 Å². The number of nitrogens with one attached hydrogen (secondary N) is 3. The zero-order chi connectivity index (χ0) is 21.1. The first-order chi connectivity index (χ1) is 14.5. The Kier molecular flexibility index (Phi) is 5.30. The van der Waals surface area contributed by atoms with Crippen molar-refractivity contribution in [1.82, 2.24) is 0 Å².